The van der Waals surface area contributed by atoms with Gasteiger partial charge in [0.2, 0.25) is 0 Å². The Hall–Kier alpha value is -0.130. The van der Waals surface area contributed by atoms with E-state index in [-0.39, 0.29) is 3.89 Å². The van der Waals surface area contributed by atoms with Crippen LogP contribution in [0.15, 0.2) is 0 Å². The Morgan fingerprint density at radius 1 is 0.483 bits per heavy atom. The van der Waals surface area contributed by atoms with Crippen molar-refractivity contribution in [3.05, 3.63) is 0 Å². The van der Waals surface area contributed by atoms with Crippen molar-refractivity contribution in [3.8, 4) is 0 Å². The quantitative estimate of drug-likeness (QED) is 0.108. The number of quaternary nitrogens is 1. The van der Waals surface area contributed by atoms with Crippen LogP contribution in [0.1, 0.15) is 136 Å². The van der Waals surface area contributed by atoms with E-state index in [9.17, 15) is 13.0 Å². The van der Waals surface area contributed by atoms with Crippen LogP contribution in [0.5, 0.6) is 0 Å². The molecule has 0 heterocycles. The summed E-state index contributed by atoms with van der Waals surface area (Å²) < 4.78 is 35.1. The Labute approximate surface area is 183 Å². The highest BCUT2D eigenvalue weighted by Gasteiger charge is 2.39. The molecule has 4 nitrogen and oxygen atoms in total. The summed E-state index contributed by atoms with van der Waals surface area (Å²) in [6, 6.07) is 0. The lowest BCUT2D eigenvalue weighted by atomic mass is 10.1. The van der Waals surface area contributed by atoms with Gasteiger partial charge in [-0.2, -0.15) is 3.89 Å². The summed E-state index contributed by atoms with van der Waals surface area (Å²) in [5, 5.41) is 0. The van der Waals surface area contributed by atoms with Gasteiger partial charge in [0.15, 0.2) is 0 Å². The monoisotopic (exact) mass is 434 g/mol. The van der Waals surface area contributed by atoms with Crippen LogP contribution < -0.4 is 0 Å². The average Bonchev–Trinajstić information content (AvgIpc) is 2.68. The third-order valence-electron chi connectivity index (χ3n) is 6.25. The first-order valence-electron chi connectivity index (χ1n) is 12.8. The second-order valence-electron chi connectivity index (χ2n) is 8.98. The minimum Gasteiger partial charge on any atom is -0.241 e. The van der Waals surface area contributed by atoms with Crippen molar-refractivity contribution in [1.82, 2.24) is 0 Å². The van der Waals surface area contributed by atoms with Gasteiger partial charge in [-0.25, -0.2) is 4.55 Å². The van der Waals surface area contributed by atoms with E-state index in [1.807, 2.05) is 0 Å². The summed E-state index contributed by atoms with van der Waals surface area (Å²) in [4.78, 5) is 0. The maximum atomic E-state index is 12.5. The maximum absolute atomic E-state index is 12.5. The molecular weight excluding hydrogens is 382 g/mol. The van der Waals surface area contributed by atoms with E-state index in [2.05, 4.69) is 20.8 Å². The Morgan fingerprint density at radius 2 is 0.724 bits per heavy atom. The minimum absolute atomic E-state index is 0.0949. The van der Waals surface area contributed by atoms with Crippen molar-refractivity contribution in [2.75, 3.05) is 19.6 Å². The largest absolute Gasteiger partial charge is 0.432 e. The Kier molecular flexibility index (Phi) is 18.5. The summed E-state index contributed by atoms with van der Waals surface area (Å²) in [6.45, 7) is 8.36. The number of unbranched alkanes of at least 4 members (excludes halogenated alkanes) is 15. The van der Waals surface area contributed by atoms with Gasteiger partial charge in [0.25, 0.3) is 0 Å². The summed E-state index contributed by atoms with van der Waals surface area (Å²) in [5.41, 5.74) is 0. The average molecular weight is 435 g/mol. The predicted molar refractivity (Wildman–Crippen MR) is 127 cm³/mol. The molecule has 0 fully saturated rings. The molecule has 5 heteroatoms. The van der Waals surface area contributed by atoms with Crippen LogP contribution in [0, 0.1) is 0 Å². The molecule has 0 bridgehead atoms. The van der Waals surface area contributed by atoms with E-state index in [1.165, 1.54) is 77.0 Å². The van der Waals surface area contributed by atoms with E-state index >= 15 is 0 Å². The maximum Gasteiger partial charge on any atom is 0.432 e. The van der Waals surface area contributed by atoms with Crippen molar-refractivity contribution >= 4 is 10.3 Å². The van der Waals surface area contributed by atoms with Crippen LogP contribution in [0.4, 0.5) is 0 Å². The van der Waals surface area contributed by atoms with Crippen molar-refractivity contribution < 1.29 is 16.9 Å². The summed E-state index contributed by atoms with van der Waals surface area (Å²) in [7, 11) is -4.08. The standard InChI is InChI=1S/C24H51NO3S/c1-4-7-10-13-16-19-22-25(29(26,27)28,23-20-17-14-11-8-5-2)24-21-18-15-12-9-6-3/h4-24H2,1-3H3/p+1. The van der Waals surface area contributed by atoms with Gasteiger partial charge in [-0.1, -0.05) is 97.8 Å². The first-order chi connectivity index (χ1) is 13.9. The predicted octanol–water partition coefficient (Wildman–Crippen LogP) is 7.69. The first-order valence-corrected chi connectivity index (χ1v) is 14.2. The highest BCUT2D eigenvalue weighted by Crippen LogP contribution is 2.22. The van der Waals surface area contributed by atoms with E-state index < -0.39 is 10.3 Å². The molecule has 1 N–H and O–H groups in total. The van der Waals surface area contributed by atoms with Gasteiger partial charge in [0, 0.05) is 0 Å². The van der Waals surface area contributed by atoms with Gasteiger partial charge in [-0.15, -0.1) is 8.42 Å². The zero-order chi connectivity index (χ0) is 21.8. The van der Waals surface area contributed by atoms with E-state index in [0.29, 0.717) is 19.6 Å². The molecule has 0 amide bonds. The molecule has 0 aliphatic heterocycles. The molecule has 0 unspecified atom stereocenters. The van der Waals surface area contributed by atoms with Crippen molar-refractivity contribution in [2.24, 2.45) is 0 Å². The lowest BCUT2D eigenvalue weighted by Gasteiger charge is -2.34. The number of nitrogens with zero attached hydrogens (tertiary/aromatic N) is 1. The van der Waals surface area contributed by atoms with Crippen LogP contribution in [0.3, 0.4) is 0 Å². The Bertz CT molecular complexity index is 410. The van der Waals surface area contributed by atoms with Crippen molar-refractivity contribution in [3.63, 3.8) is 0 Å². The molecule has 0 saturated heterocycles. The highest BCUT2D eigenvalue weighted by atomic mass is 32.2. The van der Waals surface area contributed by atoms with Gasteiger partial charge in [0.05, 0.1) is 19.6 Å². The molecule has 0 saturated carbocycles. The fourth-order valence-electron chi connectivity index (χ4n) is 4.22. The SMILES string of the molecule is CCCCCCCC[N+](CCCCCCCC)(CCCCCCCC)S(=O)(=O)O. The number of hydrogen-bond acceptors (Lipinski definition) is 2. The molecule has 0 aromatic rings. The zero-order valence-corrected chi connectivity index (χ0v) is 20.8. The van der Waals surface area contributed by atoms with Crippen molar-refractivity contribution in [2.45, 2.75) is 136 Å². The lowest BCUT2D eigenvalue weighted by Crippen LogP contribution is -2.54. The second kappa shape index (κ2) is 18.6. The van der Waals surface area contributed by atoms with Crippen molar-refractivity contribution in [1.29, 1.82) is 0 Å². The zero-order valence-electron chi connectivity index (χ0n) is 20.0. The van der Waals surface area contributed by atoms with Gasteiger partial charge in [-0.3, -0.25) is 0 Å². The minimum atomic E-state index is -4.08. The molecule has 176 valence electrons. The number of rotatable bonds is 22. The first kappa shape index (κ1) is 28.9. The summed E-state index contributed by atoms with van der Waals surface area (Å²) in [6.07, 6.45) is 20.6. The third-order valence-corrected chi connectivity index (χ3v) is 7.77. The van der Waals surface area contributed by atoms with Gasteiger partial charge in [-0.05, 0) is 38.5 Å². The lowest BCUT2D eigenvalue weighted by molar-refractivity contribution is -0.812. The normalized spacial score (nSPS) is 12.6. The summed E-state index contributed by atoms with van der Waals surface area (Å²) >= 11 is 0. The van der Waals surface area contributed by atoms with E-state index in [1.54, 1.807) is 0 Å². The topological polar surface area (TPSA) is 54.4 Å². The fraction of sp³-hybridized carbons (Fsp3) is 1.00. The molecule has 0 spiro atoms. The molecule has 0 radical (unpaired) electrons. The smallest absolute Gasteiger partial charge is 0.241 e. The molecule has 0 aliphatic carbocycles. The van der Waals surface area contributed by atoms with Gasteiger partial charge >= 0.3 is 10.3 Å². The molecule has 0 aliphatic rings. The van der Waals surface area contributed by atoms with E-state index in [0.717, 1.165) is 38.5 Å². The Morgan fingerprint density at radius 3 is 0.966 bits per heavy atom. The Balaban J connectivity index is 4.72. The van der Waals surface area contributed by atoms with Crippen LogP contribution in [0.25, 0.3) is 0 Å². The fourth-order valence-corrected chi connectivity index (χ4v) is 5.30. The summed E-state index contributed by atoms with van der Waals surface area (Å²) in [5.74, 6) is 0. The van der Waals surface area contributed by atoms with Crippen LogP contribution in [-0.4, -0.2) is 36.5 Å². The molecule has 0 atom stereocenters. The number of hydrogen-bond donors (Lipinski definition) is 1. The third kappa shape index (κ3) is 14.5. The molecule has 0 aromatic heterocycles. The van der Waals surface area contributed by atoms with Gasteiger partial charge < -0.3 is 0 Å². The molecule has 0 aromatic carbocycles. The van der Waals surface area contributed by atoms with Crippen LogP contribution >= 0.6 is 0 Å². The second-order valence-corrected chi connectivity index (χ2v) is 10.7. The molecular formula is C24H52NO3S+. The van der Waals surface area contributed by atoms with Crippen LogP contribution in [0.2, 0.25) is 0 Å². The van der Waals surface area contributed by atoms with Crippen LogP contribution in [-0.2, 0) is 10.3 Å². The van der Waals surface area contributed by atoms with E-state index in [4.69, 9.17) is 0 Å². The highest BCUT2D eigenvalue weighted by molar-refractivity contribution is 7.80. The molecule has 29 heavy (non-hydrogen) atoms. The van der Waals surface area contributed by atoms with Gasteiger partial charge in [0.1, 0.15) is 0 Å². The molecule has 0 rings (SSSR count).